The first-order valence-electron chi connectivity index (χ1n) is 12.4. The zero-order valence-corrected chi connectivity index (χ0v) is 21.9. The summed E-state index contributed by atoms with van der Waals surface area (Å²) in [5.74, 6) is -7.62. The van der Waals surface area contributed by atoms with E-state index in [4.69, 9.17) is 25.7 Å². The molecule has 0 bridgehead atoms. The molecule has 42 heavy (non-hydrogen) atoms. The lowest BCUT2D eigenvalue weighted by molar-refractivity contribution is -0.284. The van der Waals surface area contributed by atoms with E-state index < -0.39 is 54.9 Å². The van der Waals surface area contributed by atoms with E-state index in [-0.39, 0.29) is 18.1 Å². The summed E-state index contributed by atoms with van der Waals surface area (Å²) in [6.07, 6.45) is -4.67. The average Bonchev–Trinajstić information content (AvgIpc) is 2.91. The Morgan fingerprint density at radius 2 is 1.55 bits per heavy atom. The molecule has 0 radical (unpaired) electrons. The van der Waals surface area contributed by atoms with Crippen LogP contribution in [0.25, 0.3) is 6.08 Å². The number of rotatable bonds is 12. The molecule has 0 aliphatic carbocycles. The van der Waals surface area contributed by atoms with Gasteiger partial charge in [-0.1, -0.05) is 18.2 Å². The van der Waals surface area contributed by atoms with Crippen LogP contribution in [0.4, 0.5) is 37.7 Å². The lowest BCUT2D eigenvalue weighted by atomic mass is 10.1. The van der Waals surface area contributed by atoms with E-state index in [9.17, 15) is 35.9 Å². The van der Waals surface area contributed by atoms with E-state index in [1.54, 1.807) is 18.2 Å². The number of benzene rings is 3. The van der Waals surface area contributed by atoms with Gasteiger partial charge in [0.15, 0.2) is 0 Å². The van der Waals surface area contributed by atoms with E-state index in [1.165, 1.54) is 36.4 Å². The van der Waals surface area contributed by atoms with Crippen LogP contribution in [-0.2, 0) is 16.0 Å². The van der Waals surface area contributed by atoms with Gasteiger partial charge < -0.3 is 25.7 Å². The number of esters is 2. The Balaban J connectivity index is 1.45. The highest BCUT2D eigenvalue weighted by molar-refractivity contribution is 5.91. The zero-order valence-electron chi connectivity index (χ0n) is 21.9. The van der Waals surface area contributed by atoms with Crippen molar-refractivity contribution in [3.63, 3.8) is 0 Å². The van der Waals surface area contributed by atoms with Gasteiger partial charge in [0.25, 0.3) is 0 Å². The van der Waals surface area contributed by atoms with Crippen LogP contribution in [0.15, 0.2) is 66.7 Å². The largest absolute Gasteiger partial charge is 0.493 e. The minimum Gasteiger partial charge on any atom is -0.493 e. The fourth-order valence-corrected chi connectivity index (χ4v) is 3.50. The van der Waals surface area contributed by atoms with Gasteiger partial charge in [-0.25, -0.2) is 14.0 Å². The summed E-state index contributed by atoms with van der Waals surface area (Å²) < 4.78 is 92.1. The normalized spacial score (nSPS) is 11.9. The topological polar surface area (TPSA) is 114 Å². The predicted molar refractivity (Wildman–Crippen MR) is 142 cm³/mol. The van der Waals surface area contributed by atoms with Crippen LogP contribution in [0.1, 0.15) is 34.3 Å². The second-order valence-corrected chi connectivity index (χ2v) is 8.96. The molecule has 224 valence electrons. The summed E-state index contributed by atoms with van der Waals surface area (Å²) in [7, 11) is 0. The number of carbonyl (C=O) groups excluding carboxylic acids is 2. The van der Waals surface area contributed by atoms with Crippen LogP contribution in [-0.4, -0.2) is 37.3 Å². The molecule has 0 saturated carbocycles. The smallest absolute Gasteiger partial charge is 0.453 e. The second kappa shape index (κ2) is 13.8. The van der Waals surface area contributed by atoms with Gasteiger partial charge in [-0.2, -0.15) is 22.0 Å². The Morgan fingerprint density at radius 3 is 2.19 bits per heavy atom. The first-order chi connectivity index (χ1) is 19.7. The van der Waals surface area contributed by atoms with Crippen LogP contribution >= 0.6 is 0 Å². The van der Waals surface area contributed by atoms with Crippen molar-refractivity contribution in [1.82, 2.24) is 0 Å². The number of nitrogen functional groups attached to an aromatic ring is 2. The van der Waals surface area contributed by atoms with E-state index >= 15 is 0 Å². The maximum absolute atomic E-state index is 14.4. The van der Waals surface area contributed by atoms with Gasteiger partial charge in [0.05, 0.1) is 18.8 Å². The molecule has 0 aliphatic heterocycles. The van der Waals surface area contributed by atoms with Gasteiger partial charge in [0, 0.05) is 36.4 Å². The molecule has 0 spiro atoms. The molecule has 0 aromatic heterocycles. The lowest BCUT2D eigenvalue weighted by Gasteiger charge is -2.19. The number of hydrogen-bond donors (Lipinski definition) is 2. The van der Waals surface area contributed by atoms with Crippen molar-refractivity contribution in [3.8, 4) is 11.5 Å². The average molecular weight is 597 g/mol. The monoisotopic (exact) mass is 596 g/mol. The van der Waals surface area contributed by atoms with E-state index in [0.29, 0.717) is 23.4 Å². The molecule has 3 aromatic rings. The molecule has 3 aromatic carbocycles. The molecule has 0 saturated heterocycles. The number of carbonyl (C=O) groups is 2. The number of halogens is 6. The number of ether oxygens (including phenoxy) is 3. The molecule has 0 fully saturated rings. The Morgan fingerprint density at radius 1 is 0.857 bits per heavy atom. The fourth-order valence-electron chi connectivity index (χ4n) is 3.50. The van der Waals surface area contributed by atoms with Crippen molar-refractivity contribution in [2.24, 2.45) is 0 Å². The van der Waals surface area contributed by atoms with Crippen molar-refractivity contribution in [3.05, 3.63) is 89.2 Å². The van der Waals surface area contributed by atoms with Crippen LogP contribution in [0.2, 0.25) is 0 Å². The van der Waals surface area contributed by atoms with Gasteiger partial charge in [-0.15, -0.1) is 0 Å². The fraction of sp³-hybridized carbons (Fsp3) is 0.241. The third-order valence-corrected chi connectivity index (χ3v) is 5.77. The third kappa shape index (κ3) is 9.18. The summed E-state index contributed by atoms with van der Waals surface area (Å²) in [5.41, 5.74) is 13.5. The summed E-state index contributed by atoms with van der Waals surface area (Å²) in [4.78, 5) is 24.3. The maximum Gasteiger partial charge on any atom is 0.453 e. The summed E-state index contributed by atoms with van der Waals surface area (Å²) in [6.45, 7) is -0.414. The third-order valence-electron chi connectivity index (χ3n) is 5.77. The summed E-state index contributed by atoms with van der Waals surface area (Å²) >= 11 is 0. The molecule has 0 unspecified atom stereocenters. The summed E-state index contributed by atoms with van der Waals surface area (Å²) in [5, 5.41) is 0. The number of hydrogen-bond acceptors (Lipinski definition) is 7. The van der Waals surface area contributed by atoms with Crippen molar-refractivity contribution >= 4 is 29.4 Å². The molecule has 0 amide bonds. The maximum atomic E-state index is 14.4. The number of alkyl halides is 5. The van der Waals surface area contributed by atoms with E-state index in [2.05, 4.69) is 0 Å². The van der Waals surface area contributed by atoms with Gasteiger partial charge >= 0.3 is 24.0 Å². The first kappa shape index (κ1) is 31.8. The zero-order chi connectivity index (χ0) is 30.9. The van der Waals surface area contributed by atoms with Gasteiger partial charge in [0.1, 0.15) is 17.3 Å². The first-order valence-corrected chi connectivity index (χ1v) is 12.4. The quantitative estimate of drug-likeness (QED) is 0.0624. The molecule has 7 nitrogen and oxygen atoms in total. The van der Waals surface area contributed by atoms with Crippen molar-refractivity contribution in [2.75, 3.05) is 24.7 Å². The van der Waals surface area contributed by atoms with Crippen molar-refractivity contribution in [2.45, 2.75) is 31.4 Å². The SMILES string of the molecule is Nc1ccc(CCOC(=O)/C=C/c2ccc(OC(=O)c3ccc(OCCCC(F)(F)C(F)(F)F)cc3F)cc2)c(N)c1. The van der Waals surface area contributed by atoms with E-state index in [0.717, 1.165) is 23.8 Å². The summed E-state index contributed by atoms with van der Waals surface area (Å²) in [6, 6.07) is 13.9. The highest BCUT2D eigenvalue weighted by Gasteiger charge is 2.56. The number of nitrogens with two attached hydrogens (primary N) is 2. The molecule has 3 rings (SSSR count). The van der Waals surface area contributed by atoms with Crippen molar-refractivity contribution < 1.29 is 50.1 Å². The van der Waals surface area contributed by atoms with Gasteiger partial charge in [-0.3, -0.25) is 0 Å². The van der Waals surface area contributed by atoms with Crippen molar-refractivity contribution in [1.29, 1.82) is 0 Å². The second-order valence-electron chi connectivity index (χ2n) is 8.96. The Kier molecular flexibility index (Phi) is 10.5. The van der Waals surface area contributed by atoms with Crippen LogP contribution in [0, 0.1) is 5.82 Å². The Bertz CT molecular complexity index is 1430. The van der Waals surface area contributed by atoms with E-state index in [1.807, 2.05) is 0 Å². The van der Waals surface area contributed by atoms with Crippen LogP contribution in [0.5, 0.6) is 11.5 Å². The molecule has 0 atom stereocenters. The van der Waals surface area contributed by atoms with Crippen LogP contribution < -0.4 is 20.9 Å². The Labute approximate surface area is 236 Å². The molecular weight excluding hydrogens is 570 g/mol. The molecule has 13 heteroatoms. The Hall–Kier alpha value is -4.68. The minimum absolute atomic E-state index is 0.0751. The van der Waals surface area contributed by atoms with Gasteiger partial charge in [0.2, 0.25) is 0 Å². The molecular formula is C29H26F6N2O5. The highest BCUT2D eigenvalue weighted by Crippen LogP contribution is 2.38. The van der Waals surface area contributed by atoms with Gasteiger partial charge in [-0.05, 0) is 60.0 Å². The molecule has 0 aliphatic rings. The number of anilines is 2. The predicted octanol–water partition coefficient (Wildman–Crippen LogP) is 6.37. The minimum atomic E-state index is -5.66. The lowest BCUT2D eigenvalue weighted by Crippen LogP contribution is -2.36. The molecule has 4 N–H and O–H groups in total. The van der Waals surface area contributed by atoms with Crippen LogP contribution in [0.3, 0.4) is 0 Å². The molecule has 0 heterocycles. The standard InChI is InChI=1S/C29H26F6N2O5/c30-24-17-22(40-14-1-13-28(31,32)29(33,34)35)9-10-23(24)27(39)42-21-7-2-18(3-8-21)4-11-26(38)41-15-12-19-5-6-20(36)16-25(19)37/h2-11,16-17H,1,12-15,36-37H2/b11-4+. The highest BCUT2D eigenvalue weighted by atomic mass is 19.4.